The van der Waals surface area contributed by atoms with Gasteiger partial charge in [0.25, 0.3) is 0 Å². The number of hydrogen-bond donors (Lipinski definition) is 1. The van der Waals surface area contributed by atoms with Gasteiger partial charge < -0.3 is 10.2 Å². The first-order valence-corrected chi connectivity index (χ1v) is 8.15. The van der Waals surface area contributed by atoms with Gasteiger partial charge in [-0.2, -0.15) is 5.10 Å². The molecule has 0 spiro atoms. The van der Waals surface area contributed by atoms with Gasteiger partial charge in [-0.15, -0.1) is 35.3 Å². The zero-order valence-electron chi connectivity index (χ0n) is 14.0. The monoisotopic (exact) mass is 449 g/mol. The number of nitrogens with one attached hydrogen (secondary N) is 1. The number of thiazole rings is 1. The number of rotatable bonds is 6. The Kier molecular flexibility index (Phi) is 8.45. The van der Waals surface area contributed by atoms with Crippen LogP contribution in [0.4, 0.5) is 0 Å². The lowest BCUT2D eigenvalue weighted by Gasteiger charge is -2.21. The zero-order valence-corrected chi connectivity index (χ0v) is 17.1. The minimum atomic E-state index is 0. The highest BCUT2D eigenvalue weighted by Gasteiger charge is 2.09. The van der Waals surface area contributed by atoms with Crippen molar-refractivity contribution in [3.63, 3.8) is 0 Å². The maximum atomic E-state index is 4.67. The van der Waals surface area contributed by atoms with E-state index in [2.05, 4.69) is 44.1 Å². The summed E-state index contributed by atoms with van der Waals surface area (Å²) in [6, 6.07) is 0. The van der Waals surface area contributed by atoms with Gasteiger partial charge in [0.05, 0.1) is 11.6 Å². The minimum Gasteiger partial charge on any atom is -0.357 e. The van der Waals surface area contributed by atoms with Crippen LogP contribution in [-0.2, 0) is 20.0 Å². The largest absolute Gasteiger partial charge is 0.357 e. The van der Waals surface area contributed by atoms with Gasteiger partial charge in [0, 0.05) is 44.7 Å². The second-order valence-electron chi connectivity index (χ2n) is 5.01. The first-order valence-electron chi connectivity index (χ1n) is 7.33. The molecule has 0 aliphatic rings. The summed E-state index contributed by atoms with van der Waals surface area (Å²) >= 11 is 1.73. The molecule has 0 aliphatic carbocycles. The highest BCUT2D eigenvalue weighted by molar-refractivity contribution is 14.0. The molecular formula is C14H24IN7S. The molecule has 9 heteroatoms. The highest BCUT2D eigenvalue weighted by Crippen LogP contribution is 2.11. The second kappa shape index (κ2) is 9.81. The van der Waals surface area contributed by atoms with Crippen molar-refractivity contribution in [3.05, 3.63) is 28.2 Å². The number of nitrogens with zero attached hydrogens (tertiary/aromatic N) is 6. The Morgan fingerprint density at radius 1 is 1.43 bits per heavy atom. The van der Waals surface area contributed by atoms with Crippen molar-refractivity contribution in [2.75, 3.05) is 20.1 Å². The van der Waals surface area contributed by atoms with Gasteiger partial charge in [-0.1, -0.05) is 0 Å². The number of halogens is 1. The van der Waals surface area contributed by atoms with Gasteiger partial charge in [-0.25, -0.2) is 9.97 Å². The van der Waals surface area contributed by atoms with Crippen LogP contribution >= 0.6 is 35.3 Å². The molecule has 0 aliphatic heterocycles. The molecule has 0 unspecified atom stereocenters. The molecule has 0 saturated heterocycles. The molecular weight excluding hydrogens is 425 g/mol. The molecule has 2 aromatic rings. The summed E-state index contributed by atoms with van der Waals surface area (Å²) in [6.07, 6.45) is 4.35. The van der Waals surface area contributed by atoms with Crippen LogP contribution in [0, 0.1) is 6.92 Å². The first-order chi connectivity index (χ1) is 10.6. The van der Waals surface area contributed by atoms with Gasteiger partial charge in [0.2, 0.25) is 0 Å². The molecule has 0 radical (unpaired) electrons. The average Bonchev–Trinajstić information content (AvgIpc) is 3.07. The fourth-order valence-electron chi connectivity index (χ4n) is 1.99. The van der Waals surface area contributed by atoms with Crippen molar-refractivity contribution in [1.82, 2.24) is 30.0 Å². The predicted molar refractivity (Wildman–Crippen MR) is 104 cm³/mol. The molecule has 0 atom stereocenters. The predicted octanol–water partition coefficient (Wildman–Crippen LogP) is 1.84. The number of aromatic nitrogens is 4. The van der Waals surface area contributed by atoms with Crippen LogP contribution < -0.4 is 5.32 Å². The Bertz CT molecular complexity index is 622. The topological polar surface area (TPSA) is 71.2 Å². The van der Waals surface area contributed by atoms with Gasteiger partial charge >= 0.3 is 0 Å². The van der Waals surface area contributed by atoms with Crippen LogP contribution in [0.5, 0.6) is 0 Å². The van der Waals surface area contributed by atoms with Gasteiger partial charge in [0.1, 0.15) is 12.2 Å². The van der Waals surface area contributed by atoms with E-state index < -0.39 is 0 Å². The summed E-state index contributed by atoms with van der Waals surface area (Å²) in [4.78, 5) is 16.6. The number of aliphatic imine (C=N–C) groups is 1. The number of guanidine groups is 1. The summed E-state index contributed by atoms with van der Waals surface area (Å²) in [6.45, 7) is 6.36. The van der Waals surface area contributed by atoms with E-state index in [9.17, 15) is 0 Å². The molecule has 0 fully saturated rings. The van der Waals surface area contributed by atoms with E-state index in [1.54, 1.807) is 22.3 Å². The molecule has 2 rings (SSSR count). The van der Waals surface area contributed by atoms with Gasteiger partial charge in [-0.05, 0) is 13.8 Å². The molecule has 2 heterocycles. The molecule has 2 aromatic heterocycles. The van der Waals surface area contributed by atoms with E-state index in [0.717, 1.165) is 36.3 Å². The quantitative estimate of drug-likeness (QED) is 0.414. The Hall–Kier alpha value is -1.23. The maximum Gasteiger partial charge on any atom is 0.194 e. The van der Waals surface area contributed by atoms with Crippen molar-refractivity contribution in [2.45, 2.75) is 26.8 Å². The van der Waals surface area contributed by atoms with Crippen LogP contribution in [0.1, 0.15) is 22.6 Å². The maximum absolute atomic E-state index is 4.67. The lowest BCUT2D eigenvalue weighted by Crippen LogP contribution is -2.39. The molecule has 128 valence electrons. The van der Waals surface area contributed by atoms with E-state index in [-0.39, 0.29) is 24.0 Å². The summed E-state index contributed by atoms with van der Waals surface area (Å²) < 4.78 is 1.78. The lowest BCUT2D eigenvalue weighted by molar-refractivity contribution is 0.448. The summed E-state index contributed by atoms with van der Waals surface area (Å²) in [5.74, 6) is 1.78. The fourth-order valence-corrected chi connectivity index (χ4v) is 2.77. The number of hydrogen-bond acceptors (Lipinski definition) is 5. The highest BCUT2D eigenvalue weighted by atomic mass is 127. The van der Waals surface area contributed by atoms with Crippen molar-refractivity contribution >= 4 is 41.3 Å². The summed E-state index contributed by atoms with van der Waals surface area (Å²) in [5.41, 5.74) is 0. The molecule has 0 saturated carbocycles. The minimum absolute atomic E-state index is 0. The molecule has 0 aromatic carbocycles. The van der Waals surface area contributed by atoms with Crippen LogP contribution in [0.15, 0.2) is 17.5 Å². The Morgan fingerprint density at radius 3 is 2.78 bits per heavy atom. The molecule has 1 N–H and O–H groups in total. The second-order valence-corrected chi connectivity index (χ2v) is 6.33. The summed E-state index contributed by atoms with van der Waals surface area (Å²) in [7, 11) is 3.90. The Morgan fingerprint density at radius 2 is 2.22 bits per heavy atom. The molecule has 0 bridgehead atoms. The van der Waals surface area contributed by atoms with E-state index in [1.807, 2.05) is 20.3 Å². The fraction of sp³-hybridized carbons (Fsp3) is 0.571. The first kappa shape index (κ1) is 19.8. The van der Waals surface area contributed by atoms with Gasteiger partial charge in [-0.3, -0.25) is 9.67 Å². The standard InChI is InChI=1S/C14H23N7S.HI/c1-5-15-14(16-7-6-13-17-8-11(2)22-13)20(3)9-12-18-10-19-21(12)4;/h8,10H,5-7,9H2,1-4H3,(H,15,16);1H. The van der Waals surface area contributed by atoms with Crippen LogP contribution in [0.2, 0.25) is 0 Å². The number of aryl methyl sites for hydroxylation is 2. The van der Waals surface area contributed by atoms with Crippen LogP contribution in [0.25, 0.3) is 0 Å². The van der Waals surface area contributed by atoms with Gasteiger partial charge in [0.15, 0.2) is 5.96 Å². The Balaban J connectivity index is 0.00000264. The van der Waals surface area contributed by atoms with E-state index in [1.165, 1.54) is 4.88 Å². The zero-order chi connectivity index (χ0) is 15.9. The third-order valence-corrected chi connectivity index (χ3v) is 4.11. The normalized spacial score (nSPS) is 11.2. The summed E-state index contributed by atoms with van der Waals surface area (Å²) in [5, 5.41) is 8.53. The van der Waals surface area contributed by atoms with Crippen LogP contribution in [-0.4, -0.2) is 50.7 Å². The van der Waals surface area contributed by atoms with E-state index in [4.69, 9.17) is 0 Å². The third kappa shape index (κ3) is 6.05. The molecule has 23 heavy (non-hydrogen) atoms. The Labute approximate surface area is 158 Å². The average molecular weight is 449 g/mol. The third-order valence-electron chi connectivity index (χ3n) is 3.14. The smallest absolute Gasteiger partial charge is 0.194 e. The van der Waals surface area contributed by atoms with E-state index >= 15 is 0 Å². The van der Waals surface area contributed by atoms with Crippen molar-refractivity contribution in [3.8, 4) is 0 Å². The molecule has 0 amide bonds. The van der Waals surface area contributed by atoms with Crippen molar-refractivity contribution in [1.29, 1.82) is 0 Å². The SMILES string of the molecule is CCNC(=NCCc1ncc(C)s1)N(C)Cc1ncnn1C.I. The van der Waals surface area contributed by atoms with Crippen molar-refractivity contribution < 1.29 is 0 Å². The van der Waals surface area contributed by atoms with E-state index in [0.29, 0.717) is 6.54 Å². The van der Waals surface area contributed by atoms with Crippen molar-refractivity contribution in [2.24, 2.45) is 12.0 Å². The molecule has 7 nitrogen and oxygen atoms in total. The van der Waals surface area contributed by atoms with Crippen LogP contribution in [0.3, 0.4) is 0 Å². The lowest BCUT2D eigenvalue weighted by atomic mass is 10.4.